The van der Waals surface area contributed by atoms with Crippen LogP contribution < -0.4 is 0 Å². The van der Waals surface area contributed by atoms with E-state index in [1.54, 1.807) is 13.8 Å². The number of allylic oxidation sites excluding steroid dienone is 1. The number of esters is 1. The molecule has 0 unspecified atom stereocenters. The van der Waals surface area contributed by atoms with E-state index in [0.717, 1.165) is 12.8 Å². The lowest BCUT2D eigenvalue weighted by molar-refractivity contribution is -0.162. The maximum Gasteiger partial charge on any atom is 0.319 e. The first-order valence-corrected chi connectivity index (χ1v) is 5.91. The van der Waals surface area contributed by atoms with E-state index in [1.165, 1.54) is 0 Å². The van der Waals surface area contributed by atoms with Crippen molar-refractivity contribution in [1.82, 2.24) is 0 Å². The third-order valence-electron chi connectivity index (χ3n) is 4.28. The zero-order valence-electron chi connectivity index (χ0n) is 9.86. The molecule has 0 spiro atoms. The van der Waals surface area contributed by atoms with E-state index in [0.29, 0.717) is 6.61 Å². The molecule has 0 aromatic carbocycles. The second kappa shape index (κ2) is 3.72. The lowest BCUT2D eigenvalue weighted by Crippen LogP contribution is -2.42. The van der Waals surface area contributed by atoms with Crippen molar-refractivity contribution in [3.8, 4) is 0 Å². The number of ketones is 1. The SMILES string of the molecule is C=C[C@@H]1[C@@H]2CC[C@H]1[C@](C)(C(=O)OCC)C2=O. The molecule has 2 fully saturated rings. The molecule has 0 aromatic rings. The van der Waals surface area contributed by atoms with Crippen LogP contribution in [0.3, 0.4) is 0 Å². The molecule has 4 atom stereocenters. The maximum atomic E-state index is 12.2. The van der Waals surface area contributed by atoms with E-state index in [4.69, 9.17) is 4.74 Å². The lowest BCUT2D eigenvalue weighted by atomic mass is 9.73. The van der Waals surface area contributed by atoms with Crippen LogP contribution in [0, 0.1) is 23.2 Å². The molecule has 88 valence electrons. The molecule has 2 saturated carbocycles. The van der Waals surface area contributed by atoms with Gasteiger partial charge in [-0.25, -0.2) is 0 Å². The molecule has 0 radical (unpaired) electrons. The molecule has 0 amide bonds. The smallest absolute Gasteiger partial charge is 0.319 e. The molecule has 0 aliphatic heterocycles. The Kier molecular flexibility index (Phi) is 2.64. The number of carbonyl (C=O) groups excluding carboxylic acids is 2. The van der Waals surface area contributed by atoms with Crippen molar-refractivity contribution < 1.29 is 14.3 Å². The van der Waals surface area contributed by atoms with Gasteiger partial charge in [-0.15, -0.1) is 6.58 Å². The Morgan fingerprint density at radius 3 is 2.81 bits per heavy atom. The first kappa shape index (κ1) is 11.4. The Morgan fingerprint density at radius 1 is 1.62 bits per heavy atom. The van der Waals surface area contributed by atoms with Crippen LogP contribution in [-0.2, 0) is 14.3 Å². The van der Waals surface area contributed by atoms with Crippen LogP contribution in [0.25, 0.3) is 0 Å². The molecule has 0 saturated heterocycles. The van der Waals surface area contributed by atoms with Crippen LogP contribution in [0.4, 0.5) is 0 Å². The van der Waals surface area contributed by atoms with Crippen molar-refractivity contribution in [1.29, 1.82) is 0 Å². The quantitative estimate of drug-likeness (QED) is 0.416. The van der Waals surface area contributed by atoms with Gasteiger partial charge in [0.15, 0.2) is 5.78 Å². The number of ether oxygens (including phenoxy) is 1. The van der Waals surface area contributed by atoms with Gasteiger partial charge < -0.3 is 4.74 Å². The van der Waals surface area contributed by atoms with Gasteiger partial charge in [-0.1, -0.05) is 6.08 Å². The molecule has 2 aliphatic rings. The normalized spacial score (nSPS) is 41.1. The third-order valence-corrected chi connectivity index (χ3v) is 4.28. The van der Waals surface area contributed by atoms with Gasteiger partial charge in [0.1, 0.15) is 5.41 Å². The summed E-state index contributed by atoms with van der Waals surface area (Å²) in [6.45, 7) is 7.63. The standard InChI is InChI=1S/C13H18O3/c1-4-8-9-6-7-10(8)13(3,11(9)14)12(15)16-5-2/h4,8-10H,1,5-7H2,2-3H3/t8-,9+,10-,13+/m1/s1. The molecular weight excluding hydrogens is 204 g/mol. The van der Waals surface area contributed by atoms with Crippen LogP contribution in [-0.4, -0.2) is 18.4 Å². The second-order valence-corrected chi connectivity index (χ2v) is 4.89. The van der Waals surface area contributed by atoms with E-state index in [9.17, 15) is 9.59 Å². The zero-order chi connectivity index (χ0) is 11.9. The second-order valence-electron chi connectivity index (χ2n) is 4.89. The molecule has 0 heterocycles. The molecule has 3 nitrogen and oxygen atoms in total. The van der Waals surface area contributed by atoms with Gasteiger partial charge in [0.2, 0.25) is 0 Å². The highest BCUT2D eigenvalue weighted by atomic mass is 16.5. The van der Waals surface area contributed by atoms with Gasteiger partial charge in [-0.3, -0.25) is 9.59 Å². The summed E-state index contributed by atoms with van der Waals surface area (Å²) in [7, 11) is 0. The molecule has 0 N–H and O–H groups in total. The van der Waals surface area contributed by atoms with Gasteiger partial charge in [0, 0.05) is 5.92 Å². The Morgan fingerprint density at radius 2 is 2.31 bits per heavy atom. The molecule has 16 heavy (non-hydrogen) atoms. The first-order chi connectivity index (χ1) is 7.57. The van der Waals surface area contributed by atoms with Crippen molar-refractivity contribution in [2.45, 2.75) is 26.7 Å². The minimum absolute atomic E-state index is 0.00286. The average molecular weight is 222 g/mol. The molecule has 2 bridgehead atoms. The number of hydrogen-bond acceptors (Lipinski definition) is 3. The number of rotatable bonds is 3. The van der Waals surface area contributed by atoms with Gasteiger partial charge in [-0.2, -0.15) is 0 Å². The minimum Gasteiger partial charge on any atom is -0.465 e. The van der Waals surface area contributed by atoms with Gasteiger partial charge in [0.05, 0.1) is 6.61 Å². The molecule has 0 aromatic heterocycles. The Hall–Kier alpha value is -1.12. The molecular formula is C13H18O3. The number of Topliss-reactive ketones (excluding diaryl/α,β-unsaturated/α-hetero) is 1. The van der Waals surface area contributed by atoms with Gasteiger partial charge >= 0.3 is 5.97 Å². The van der Waals surface area contributed by atoms with Crippen LogP contribution in [0.5, 0.6) is 0 Å². The van der Waals surface area contributed by atoms with Gasteiger partial charge in [-0.05, 0) is 38.5 Å². The maximum absolute atomic E-state index is 12.2. The average Bonchev–Trinajstić information content (AvgIpc) is 2.77. The van der Waals surface area contributed by atoms with E-state index in [-0.39, 0.29) is 29.5 Å². The monoisotopic (exact) mass is 222 g/mol. The Labute approximate surface area is 95.9 Å². The summed E-state index contributed by atoms with van der Waals surface area (Å²) in [4.78, 5) is 24.2. The highest BCUT2D eigenvalue weighted by molar-refractivity contribution is 6.07. The predicted octanol–water partition coefficient (Wildman–Crippen LogP) is 1.97. The fourth-order valence-corrected chi connectivity index (χ4v) is 3.43. The summed E-state index contributed by atoms with van der Waals surface area (Å²) in [5.41, 5.74) is -0.919. The summed E-state index contributed by atoms with van der Waals surface area (Å²) in [6, 6.07) is 0. The lowest BCUT2D eigenvalue weighted by Gasteiger charge is -2.30. The Bertz CT molecular complexity index is 347. The number of fused-ring (bicyclic) bond motifs is 2. The minimum atomic E-state index is -0.919. The number of carbonyl (C=O) groups is 2. The first-order valence-electron chi connectivity index (χ1n) is 5.91. The van der Waals surface area contributed by atoms with Crippen molar-refractivity contribution in [3.63, 3.8) is 0 Å². The fraction of sp³-hybridized carbons (Fsp3) is 0.692. The summed E-state index contributed by atoms with van der Waals surface area (Å²) < 4.78 is 5.05. The predicted molar refractivity (Wildman–Crippen MR) is 59.6 cm³/mol. The topological polar surface area (TPSA) is 43.4 Å². The van der Waals surface area contributed by atoms with E-state index < -0.39 is 5.41 Å². The number of hydrogen-bond donors (Lipinski definition) is 0. The van der Waals surface area contributed by atoms with E-state index >= 15 is 0 Å². The van der Waals surface area contributed by atoms with Crippen LogP contribution in [0.15, 0.2) is 12.7 Å². The summed E-state index contributed by atoms with van der Waals surface area (Å²) in [5, 5.41) is 0. The van der Waals surface area contributed by atoms with E-state index in [1.807, 2.05) is 6.08 Å². The van der Waals surface area contributed by atoms with Gasteiger partial charge in [0.25, 0.3) is 0 Å². The highest BCUT2D eigenvalue weighted by Crippen LogP contribution is 2.57. The fourth-order valence-electron chi connectivity index (χ4n) is 3.43. The third kappa shape index (κ3) is 1.20. The van der Waals surface area contributed by atoms with Crippen molar-refractivity contribution in [3.05, 3.63) is 12.7 Å². The largest absolute Gasteiger partial charge is 0.465 e. The summed E-state index contributed by atoms with van der Waals surface area (Å²) >= 11 is 0. The van der Waals surface area contributed by atoms with Crippen LogP contribution >= 0.6 is 0 Å². The van der Waals surface area contributed by atoms with Crippen molar-refractivity contribution in [2.75, 3.05) is 6.61 Å². The molecule has 2 rings (SSSR count). The van der Waals surface area contributed by atoms with E-state index in [2.05, 4.69) is 6.58 Å². The molecule has 3 heteroatoms. The van der Waals surface area contributed by atoms with Crippen molar-refractivity contribution >= 4 is 11.8 Å². The van der Waals surface area contributed by atoms with Crippen LogP contribution in [0.2, 0.25) is 0 Å². The van der Waals surface area contributed by atoms with Crippen LogP contribution in [0.1, 0.15) is 26.7 Å². The molecule has 2 aliphatic carbocycles. The van der Waals surface area contributed by atoms with Crippen molar-refractivity contribution in [2.24, 2.45) is 23.2 Å². The summed E-state index contributed by atoms with van der Waals surface area (Å²) in [6.07, 6.45) is 3.67. The zero-order valence-corrected chi connectivity index (χ0v) is 9.86. The Balaban J connectivity index is 2.32. The summed E-state index contributed by atoms with van der Waals surface area (Å²) in [5.74, 6) is -0.0217. The highest BCUT2D eigenvalue weighted by Gasteiger charge is 2.64.